The van der Waals surface area contributed by atoms with E-state index in [9.17, 15) is 4.79 Å². The molecule has 2 saturated carbocycles. The molecule has 13 heavy (non-hydrogen) atoms. The molecule has 0 aromatic heterocycles. The third kappa shape index (κ3) is 1.43. The van der Waals surface area contributed by atoms with E-state index in [0.29, 0.717) is 5.78 Å². The average Bonchev–Trinajstić information content (AvgIpc) is 2.75. The molecule has 2 fully saturated rings. The zero-order valence-electron chi connectivity index (χ0n) is 8.64. The van der Waals surface area contributed by atoms with Crippen molar-refractivity contribution in [3.05, 3.63) is 0 Å². The second-order valence-corrected chi connectivity index (χ2v) is 4.90. The lowest BCUT2D eigenvalue weighted by Gasteiger charge is -2.32. The summed E-state index contributed by atoms with van der Waals surface area (Å²) in [6, 6.07) is 0. The molecule has 2 aliphatic rings. The summed E-state index contributed by atoms with van der Waals surface area (Å²) in [5, 5.41) is 0. The molecule has 74 valence electrons. The highest BCUT2D eigenvalue weighted by Crippen LogP contribution is 2.50. The number of rotatable bonds is 2. The summed E-state index contributed by atoms with van der Waals surface area (Å²) in [6.45, 7) is 1.82. The monoisotopic (exact) mass is 180 g/mol. The van der Waals surface area contributed by atoms with Crippen molar-refractivity contribution in [1.29, 1.82) is 0 Å². The first-order valence-corrected chi connectivity index (χ1v) is 5.77. The van der Waals surface area contributed by atoms with Crippen molar-refractivity contribution in [3.63, 3.8) is 0 Å². The van der Waals surface area contributed by atoms with Crippen LogP contribution in [0.3, 0.4) is 0 Å². The third-order valence-electron chi connectivity index (χ3n) is 4.33. The molecule has 0 aliphatic heterocycles. The van der Waals surface area contributed by atoms with E-state index in [1.54, 1.807) is 0 Å². The molecule has 0 aromatic rings. The predicted octanol–water partition coefficient (Wildman–Crippen LogP) is 3.33. The Morgan fingerprint density at radius 2 is 1.62 bits per heavy atom. The summed E-state index contributed by atoms with van der Waals surface area (Å²) >= 11 is 0. The molecule has 0 aromatic carbocycles. The van der Waals surface area contributed by atoms with Crippen LogP contribution in [-0.2, 0) is 4.79 Å². The van der Waals surface area contributed by atoms with Gasteiger partial charge in [-0.05, 0) is 38.5 Å². The van der Waals surface area contributed by atoms with E-state index >= 15 is 0 Å². The molecular formula is C12H20O. The van der Waals surface area contributed by atoms with Gasteiger partial charge >= 0.3 is 0 Å². The van der Waals surface area contributed by atoms with Gasteiger partial charge in [-0.3, -0.25) is 4.79 Å². The minimum absolute atomic E-state index is 0.135. The van der Waals surface area contributed by atoms with Crippen LogP contribution in [0.15, 0.2) is 0 Å². The van der Waals surface area contributed by atoms with Crippen molar-refractivity contribution in [2.24, 2.45) is 11.3 Å². The van der Waals surface area contributed by atoms with E-state index in [-0.39, 0.29) is 5.41 Å². The highest BCUT2D eigenvalue weighted by Gasteiger charge is 2.45. The van der Waals surface area contributed by atoms with E-state index < -0.39 is 0 Å². The van der Waals surface area contributed by atoms with Gasteiger partial charge in [0.2, 0.25) is 0 Å². The van der Waals surface area contributed by atoms with Crippen molar-refractivity contribution in [1.82, 2.24) is 0 Å². The second-order valence-electron chi connectivity index (χ2n) is 4.90. The van der Waals surface area contributed by atoms with Gasteiger partial charge in [-0.25, -0.2) is 0 Å². The topological polar surface area (TPSA) is 17.1 Å². The Morgan fingerprint density at radius 1 is 1.08 bits per heavy atom. The van der Waals surface area contributed by atoms with Gasteiger partial charge in [-0.2, -0.15) is 0 Å². The first kappa shape index (κ1) is 9.23. The molecule has 1 nitrogen and oxygen atoms in total. The number of hydrogen-bond acceptors (Lipinski definition) is 1. The Hall–Kier alpha value is -0.330. The van der Waals surface area contributed by atoms with Crippen LogP contribution >= 0.6 is 0 Å². The fraction of sp³-hybridized carbons (Fsp3) is 0.917. The fourth-order valence-corrected chi connectivity index (χ4v) is 3.53. The summed E-state index contributed by atoms with van der Waals surface area (Å²) < 4.78 is 0. The zero-order chi connectivity index (χ0) is 9.31. The van der Waals surface area contributed by atoms with Crippen molar-refractivity contribution < 1.29 is 4.79 Å². The number of ketones is 1. The summed E-state index contributed by atoms with van der Waals surface area (Å²) in [6.07, 6.45) is 10.3. The Bertz CT molecular complexity index is 195. The van der Waals surface area contributed by atoms with Gasteiger partial charge in [0.15, 0.2) is 0 Å². The van der Waals surface area contributed by atoms with Crippen LogP contribution < -0.4 is 0 Å². The van der Waals surface area contributed by atoms with Crippen LogP contribution in [0.5, 0.6) is 0 Å². The maximum atomic E-state index is 11.8. The largest absolute Gasteiger partial charge is 0.299 e. The highest BCUT2D eigenvalue weighted by atomic mass is 16.1. The van der Waals surface area contributed by atoms with Gasteiger partial charge in [0.05, 0.1) is 0 Å². The molecule has 0 atom stereocenters. The van der Waals surface area contributed by atoms with Gasteiger partial charge in [0, 0.05) is 5.41 Å². The first-order chi connectivity index (χ1) is 6.26. The minimum atomic E-state index is 0.135. The molecule has 0 unspecified atom stereocenters. The number of carbonyl (C=O) groups is 1. The third-order valence-corrected chi connectivity index (χ3v) is 4.33. The first-order valence-electron chi connectivity index (χ1n) is 5.77. The van der Waals surface area contributed by atoms with E-state index in [4.69, 9.17) is 0 Å². The molecule has 1 heteroatoms. The van der Waals surface area contributed by atoms with E-state index in [2.05, 4.69) is 0 Å². The normalized spacial score (nSPS) is 28.1. The maximum Gasteiger partial charge on any atom is 0.136 e. The van der Waals surface area contributed by atoms with Gasteiger partial charge in [-0.15, -0.1) is 0 Å². The van der Waals surface area contributed by atoms with Crippen molar-refractivity contribution >= 4 is 5.78 Å². The van der Waals surface area contributed by atoms with Crippen molar-refractivity contribution in [3.8, 4) is 0 Å². The summed E-state index contributed by atoms with van der Waals surface area (Å²) in [7, 11) is 0. The van der Waals surface area contributed by atoms with Crippen LogP contribution in [0.1, 0.15) is 58.3 Å². The van der Waals surface area contributed by atoms with Crippen LogP contribution in [0.4, 0.5) is 0 Å². The zero-order valence-corrected chi connectivity index (χ0v) is 8.64. The van der Waals surface area contributed by atoms with Crippen LogP contribution in [-0.4, -0.2) is 5.78 Å². The Labute approximate surface area is 80.9 Å². The van der Waals surface area contributed by atoms with E-state index in [1.165, 1.54) is 51.4 Å². The van der Waals surface area contributed by atoms with Gasteiger partial charge in [0.25, 0.3) is 0 Å². The van der Waals surface area contributed by atoms with Crippen LogP contribution in [0.2, 0.25) is 0 Å². The molecule has 0 bridgehead atoms. The Kier molecular flexibility index (Phi) is 2.44. The molecule has 0 saturated heterocycles. The Balaban J connectivity index is 2.16. The summed E-state index contributed by atoms with van der Waals surface area (Å²) in [5.41, 5.74) is 0.135. The molecule has 0 N–H and O–H groups in total. The van der Waals surface area contributed by atoms with E-state index in [0.717, 1.165) is 5.92 Å². The molecule has 0 amide bonds. The average molecular weight is 180 g/mol. The molecule has 0 heterocycles. The fourth-order valence-electron chi connectivity index (χ4n) is 3.53. The van der Waals surface area contributed by atoms with E-state index in [1.807, 2.05) is 6.92 Å². The minimum Gasteiger partial charge on any atom is -0.299 e. The summed E-state index contributed by atoms with van der Waals surface area (Å²) in [4.78, 5) is 11.8. The maximum absolute atomic E-state index is 11.8. The highest BCUT2D eigenvalue weighted by molar-refractivity contribution is 5.83. The van der Waals surface area contributed by atoms with Gasteiger partial charge < -0.3 is 0 Å². The lowest BCUT2D eigenvalue weighted by atomic mass is 9.70. The Morgan fingerprint density at radius 3 is 2.08 bits per heavy atom. The molecule has 2 rings (SSSR count). The quantitative estimate of drug-likeness (QED) is 0.637. The number of Topliss-reactive ketones (excluding diaryl/α,β-unsaturated/α-hetero) is 1. The smallest absolute Gasteiger partial charge is 0.136 e. The summed E-state index contributed by atoms with van der Waals surface area (Å²) in [5.74, 6) is 1.23. The van der Waals surface area contributed by atoms with Gasteiger partial charge in [0.1, 0.15) is 5.78 Å². The number of hydrogen-bond donors (Lipinski definition) is 0. The van der Waals surface area contributed by atoms with Crippen molar-refractivity contribution in [2.75, 3.05) is 0 Å². The second kappa shape index (κ2) is 3.43. The lowest BCUT2D eigenvalue weighted by molar-refractivity contribution is -0.129. The standard InChI is InChI=1S/C12H20O/c1-10(13)12(8-4-5-9-12)11-6-2-3-7-11/h11H,2-9H2,1H3. The molecule has 0 radical (unpaired) electrons. The lowest BCUT2D eigenvalue weighted by Crippen LogP contribution is -2.33. The van der Waals surface area contributed by atoms with Crippen LogP contribution in [0, 0.1) is 11.3 Å². The molecular weight excluding hydrogens is 160 g/mol. The predicted molar refractivity (Wildman–Crippen MR) is 53.5 cm³/mol. The van der Waals surface area contributed by atoms with Crippen LogP contribution in [0.25, 0.3) is 0 Å². The molecule has 2 aliphatic carbocycles. The SMILES string of the molecule is CC(=O)C1(C2CCCC2)CCCC1. The number of carbonyl (C=O) groups excluding carboxylic acids is 1. The molecule has 0 spiro atoms. The van der Waals surface area contributed by atoms with Crippen molar-refractivity contribution in [2.45, 2.75) is 58.3 Å². The van der Waals surface area contributed by atoms with Gasteiger partial charge in [-0.1, -0.05) is 25.7 Å².